The van der Waals surface area contributed by atoms with E-state index in [1.807, 2.05) is 19.1 Å². The van der Waals surface area contributed by atoms with Crippen molar-refractivity contribution in [2.24, 2.45) is 5.92 Å². The van der Waals surface area contributed by atoms with Crippen molar-refractivity contribution in [2.45, 2.75) is 27.2 Å². The first kappa shape index (κ1) is 10.9. The van der Waals surface area contributed by atoms with Crippen LogP contribution in [0.3, 0.4) is 0 Å². The van der Waals surface area contributed by atoms with Crippen LogP contribution < -0.4 is 5.32 Å². The van der Waals surface area contributed by atoms with Crippen molar-refractivity contribution in [1.82, 2.24) is 19.8 Å². The van der Waals surface area contributed by atoms with Crippen molar-refractivity contribution in [3.8, 4) is 0 Å². The minimum Gasteiger partial charge on any atom is -0.369 e. The molecule has 0 aliphatic rings. The lowest BCUT2D eigenvalue weighted by Gasteiger charge is -2.07. The van der Waals surface area contributed by atoms with Crippen LogP contribution >= 0.6 is 0 Å². The first-order valence-corrected chi connectivity index (χ1v) is 5.60. The molecule has 0 bridgehead atoms. The van der Waals surface area contributed by atoms with Gasteiger partial charge in [0.05, 0.1) is 0 Å². The molecule has 2 aromatic heterocycles. The Kier molecular flexibility index (Phi) is 3.03. The Morgan fingerprint density at radius 3 is 2.88 bits per heavy atom. The highest BCUT2D eigenvalue weighted by molar-refractivity contribution is 5.43. The minimum atomic E-state index is 0.702. The van der Waals surface area contributed by atoms with E-state index in [4.69, 9.17) is 0 Å². The molecule has 0 radical (unpaired) electrons. The second kappa shape index (κ2) is 4.47. The highest BCUT2D eigenvalue weighted by Gasteiger charge is 2.03. The number of nitrogens with zero attached hydrogens (tertiary/aromatic N) is 4. The Morgan fingerprint density at radius 1 is 1.31 bits per heavy atom. The maximum absolute atomic E-state index is 4.41. The van der Waals surface area contributed by atoms with Crippen molar-refractivity contribution in [3.05, 3.63) is 18.0 Å². The van der Waals surface area contributed by atoms with Gasteiger partial charge >= 0.3 is 0 Å². The molecule has 0 saturated carbocycles. The molecule has 0 saturated heterocycles. The van der Waals surface area contributed by atoms with Gasteiger partial charge in [0.1, 0.15) is 5.82 Å². The molecule has 0 atom stereocenters. The number of rotatable bonds is 4. The lowest BCUT2D eigenvalue weighted by atomic mass is 10.1. The number of fused-ring (bicyclic) bond motifs is 1. The summed E-state index contributed by atoms with van der Waals surface area (Å²) in [6.45, 7) is 7.26. The van der Waals surface area contributed by atoms with Crippen LogP contribution in [0.15, 0.2) is 12.1 Å². The Hall–Kier alpha value is -1.65. The molecule has 2 aromatic rings. The predicted octanol–water partition coefficient (Wildman–Crippen LogP) is 1.89. The molecular formula is C11H17N5. The highest BCUT2D eigenvalue weighted by atomic mass is 15.4. The quantitative estimate of drug-likeness (QED) is 0.853. The van der Waals surface area contributed by atoms with Crippen LogP contribution in [0.5, 0.6) is 0 Å². The normalized spacial score (nSPS) is 11.2. The second-order valence-electron chi connectivity index (χ2n) is 4.35. The molecule has 0 unspecified atom stereocenters. The van der Waals surface area contributed by atoms with E-state index < -0.39 is 0 Å². The molecule has 0 aliphatic carbocycles. The van der Waals surface area contributed by atoms with Crippen molar-refractivity contribution in [3.63, 3.8) is 0 Å². The van der Waals surface area contributed by atoms with Gasteiger partial charge in [-0.1, -0.05) is 13.8 Å². The Balaban J connectivity index is 2.10. The molecule has 0 aromatic carbocycles. The zero-order valence-corrected chi connectivity index (χ0v) is 9.94. The van der Waals surface area contributed by atoms with Crippen LogP contribution in [0.4, 0.5) is 5.82 Å². The number of hydrogen-bond donors (Lipinski definition) is 1. The number of nitrogens with one attached hydrogen (secondary N) is 1. The van der Waals surface area contributed by atoms with Gasteiger partial charge in [-0.2, -0.15) is 4.52 Å². The topological polar surface area (TPSA) is 55.1 Å². The molecule has 86 valence electrons. The third-order valence-corrected chi connectivity index (χ3v) is 2.45. The van der Waals surface area contributed by atoms with E-state index in [2.05, 4.69) is 34.5 Å². The number of anilines is 1. The zero-order chi connectivity index (χ0) is 11.5. The van der Waals surface area contributed by atoms with Crippen molar-refractivity contribution in [2.75, 3.05) is 11.9 Å². The van der Waals surface area contributed by atoms with Gasteiger partial charge in [0, 0.05) is 6.54 Å². The molecular weight excluding hydrogens is 202 g/mol. The summed E-state index contributed by atoms with van der Waals surface area (Å²) in [7, 11) is 0. The summed E-state index contributed by atoms with van der Waals surface area (Å²) in [5, 5.41) is 15.7. The molecule has 0 spiro atoms. The first-order valence-electron chi connectivity index (χ1n) is 5.60. The first-order chi connectivity index (χ1) is 7.66. The lowest BCUT2D eigenvalue weighted by molar-refractivity contribution is 0.606. The van der Waals surface area contributed by atoms with Gasteiger partial charge in [-0.25, -0.2) is 0 Å². The van der Waals surface area contributed by atoms with Crippen LogP contribution in [0.2, 0.25) is 0 Å². The summed E-state index contributed by atoms with van der Waals surface area (Å²) in [4.78, 5) is 0. The van der Waals surface area contributed by atoms with Crippen LogP contribution in [-0.4, -0.2) is 26.4 Å². The van der Waals surface area contributed by atoms with Gasteiger partial charge in [-0.05, 0) is 31.4 Å². The number of aryl methyl sites for hydroxylation is 1. The van der Waals surface area contributed by atoms with Crippen molar-refractivity contribution in [1.29, 1.82) is 0 Å². The number of aromatic nitrogens is 4. The zero-order valence-electron chi connectivity index (χ0n) is 9.94. The van der Waals surface area contributed by atoms with Gasteiger partial charge < -0.3 is 5.32 Å². The SMILES string of the molecule is Cc1nnc2ccc(NCCC(C)C)nn12. The fourth-order valence-corrected chi connectivity index (χ4v) is 1.48. The van der Waals surface area contributed by atoms with E-state index >= 15 is 0 Å². The van der Waals surface area contributed by atoms with E-state index in [1.54, 1.807) is 4.52 Å². The Bertz CT molecular complexity index is 474. The van der Waals surface area contributed by atoms with Crippen molar-refractivity contribution >= 4 is 11.5 Å². The third-order valence-electron chi connectivity index (χ3n) is 2.45. The van der Waals surface area contributed by atoms with E-state index in [9.17, 15) is 0 Å². The number of hydrogen-bond acceptors (Lipinski definition) is 4. The van der Waals surface area contributed by atoms with Gasteiger partial charge in [0.15, 0.2) is 11.5 Å². The average molecular weight is 219 g/mol. The van der Waals surface area contributed by atoms with Crippen molar-refractivity contribution < 1.29 is 0 Å². The van der Waals surface area contributed by atoms with Gasteiger partial charge in [0.25, 0.3) is 0 Å². The van der Waals surface area contributed by atoms with Crippen LogP contribution in [-0.2, 0) is 0 Å². The Labute approximate surface area is 94.9 Å². The Morgan fingerprint density at radius 2 is 2.12 bits per heavy atom. The molecule has 0 amide bonds. The van der Waals surface area contributed by atoms with Crippen LogP contribution in [0, 0.1) is 12.8 Å². The maximum atomic E-state index is 4.41. The van der Waals surface area contributed by atoms with E-state index in [-0.39, 0.29) is 0 Å². The summed E-state index contributed by atoms with van der Waals surface area (Å²) in [6, 6.07) is 3.86. The maximum Gasteiger partial charge on any atom is 0.178 e. The standard InChI is InChI=1S/C11H17N5/c1-8(2)6-7-12-10-4-5-11-14-13-9(3)16(11)15-10/h4-5,8H,6-7H2,1-3H3,(H,12,15). The summed E-state index contributed by atoms with van der Waals surface area (Å²) in [5.41, 5.74) is 0.784. The van der Waals surface area contributed by atoms with Gasteiger partial charge in [-0.15, -0.1) is 15.3 Å². The smallest absolute Gasteiger partial charge is 0.178 e. The van der Waals surface area contributed by atoms with E-state index in [0.717, 1.165) is 30.3 Å². The minimum absolute atomic E-state index is 0.702. The predicted molar refractivity (Wildman–Crippen MR) is 63.5 cm³/mol. The van der Waals surface area contributed by atoms with E-state index in [0.29, 0.717) is 5.92 Å². The van der Waals surface area contributed by atoms with Crippen LogP contribution in [0.1, 0.15) is 26.1 Å². The largest absolute Gasteiger partial charge is 0.369 e. The fourth-order valence-electron chi connectivity index (χ4n) is 1.48. The molecule has 16 heavy (non-hydrogen) atoms. The molecule has 0 fully saturated rings. The highest BCUT2D eigenvalue weighted by Crippen LogP contribution is 2.07. The molecule has 2 heterocycles. The second-order valence-corrected chi connectivity index (χ2v) is 4.35. The monoisotopic (exact) mass is 219 g/mol. The molecule has 2 rings (SSSR count). The molecule has 5 heteroatoms. The average Bonchev–Trinajstić information content (AvgIpc) is 2.60. The summed E-state index contributed by atoms with van der Waals surface area (Å²) in [5.74, 6) is 2.38. The lowest BCUT2D eigenvalue weighted by Crippen LogP contribution is -2.08. The van der Waals surface area contributed by atoms with Gasteiger partial charge in [0.2, 0.25) is 0 Å². The third kappa shape index (κ3) is 2.29. The van der Waals surface area contributed by atoms with Crippen LogP contribution in [0.25, 0.3) is 5.65 Å². The molecule has 1 N–H and O–H groups in total. The van der Waals surface area contributed by atoms with Gasteiger partial charge in [-0.3, -0.25) is 0 Å². The van der Waals surface area contributed by atoms with E-state index in [1.165, 1.54) is 0 Å². The summed E-state index contributed by atoms with van der Waals surface area (Å²) < 4.78 is 1.75. The summed E-state index contributed by atoms with van der Waals surface area (Å²) >= 11 is 0. The molecule has 0 aliphatic heterocycles. The fraction of sp³-hybridized carbons (Fsp3) is 0.545. The summed E-state index contributed by atoms with van der Waals surface area (Å²) in [6.07, 6.45) is 1.14. The molecule has 5 nitrogen and oxygen atoms in total.